The van der Waals surface area contributed by atoms with Crippen molar-refractivity contribution in [2.75, 3.05) is 17.7 Å². The quantitative estimate of drug-likeness (QED) is 0.765. The molecule has 0 saturated heterocycles. The zero-order valence-electron chi connectivity index (χ0n) is 13.2. The summed E-state index contributed by atoms with van der Waals surface area (Å²) in [6.07, 6.45) is 4.57. The highest BCUT2D eigenvalue weighted by Crippen LogP contribution is 2.23. The minimum absolute atomic E-state index is 0.275. The molecule has 2 N–H and O–H groups in total. The Hall–Kier alpha value is -2.67. The van der Waals surface area contributed by atoms with E-state index in [0.717, 1.165) is 4.47 Å². The third-order valence-electron chi connectivity index (χ3n) is 3.02. The number of rotatable bonds is 5. The summed E-state index contributed by atoms with van der Waals surface area (Å²) in [4.78, 5) is 28.4. The van der Waals surface area contributed by atoms with Gasteiger partial charge in [0, 0.05) is 10.7 Å². The Morgan fingerprint density at radius 2 is 2.00 bits per heavy atom. The van der Waals surface area contributed by atoms with Crippen LogP contribution in [-0.2, 0) is 4.79 Å². The molecule has 1 aromatic heterocycles. The van der Waals surface area contributed by atoms with Crippen LogP contribution in [0.4, 0.5) is 11.5 Å². The lowest BCUT2D eigenvalue weighted by Gasteiger charge is -2.12. The van der Waals surface area contributed by atoms with Crippen LogP contribution in [0.25, 0.3) is 0 Å². The van der Waals surface area contributed by atoms with E-state index in [1.54, 1.807) is 49.5 Å². The third kappa shape index (κ3) is 4.66. The first-order chi connectivity index (χ1) is 11.5. The number of benzene rings is 1. The zero-order chi connectivity index (χ0) is 17.5. The average molecular weight is 390 g/mol. The summed E-state index contributed by atoms with van der Waals surface area (Å²) in [5.41, 5.74) is 0.658. The first-order valence-electron chi connectivity index (χ1n) is 7.08. The van der Waals surface area contributed by atoms with E-state index in [9.17, 15) is 9.59 Å². The summed E-state index contributed by atoms with van der Waals surface area (Å²) in [5.74, 6) is 0.183. The molecule has 0 spiro atoms. The second-order valence-electron chi connectivity index (χ2n) is 4.72. The number of halogens is 1. The summed E-state index contributed by atoms with van der Waals surface area (Å²) in [7, 11) is 1.51. The summed E-state index contributed by atoms with van der Waals surface area (Å²) >= 11 is 3.28. The molecular formula is C17H16BrN3O3. The molecule has 2 rings (SSSR count). The first kappa shape index (κ1) is 17.7. The molecule has 0 unspecified atom stereocenters. The predicted octanol–water partition coefficient (Wildman–Crippen LogP) is 3.62. The smallest absolute Gasteiger partial charge is 0.259 e. The van der Waals surface area contributed by atoms with E-state index < -0.39 is 5.91 Å². The predicted molar refractivity (Wildman–Crippen MR) is 96.3 cm³/mol. The van der Waals surface area contributed by atoms with Crippen molar-refractivity contribution in [1.29, 1.82) is 0 Å². The molecule has 0 saturated carbocycles. The van der Waals surface area contributed by atoms with Gasteiger partial charge in [-0.25, -0.2) is 4.98 Å². The van der Waals surface area contributed by atoms with Crippen molar-refractivity contribution in [2.45, 2.75) is 6.92 Å². The van der Waals surface area contributed by atoms with Crippen LogP contribution in [0, 0.1) is 0 Å². The summed E-state index contributed by atoms with van der Waals surface area (Å²) in [5, 5.41) is 5.36. The maximum Gasteiger partial charge on any atom is 0.259 e. The van der Waals surface area contributed by atoms with Gasteiger partial charge in [0.2, 0.25) is 5.91 Å². The monoisotopic (exact) mass is 389 g/mol. The molecule has 2 aromatic rings. The largest absolute Gasteiger partial charge is 0.497 e. The second-order valence-corrected chi connectivity index (χ2v) is 5.63. The van der Waals surface area contributed by atoms with Gasteiger partial charge in [-0.1, -0.05) is 6.08 Å². The molecule has 124 valence electrons. The summed E-state index contributed by atoms with van der Waals surface area (Å²) in [6.45, 7) is 1.74. The van der Waals surface area contributed by atoms with Gasteiger partial charge in [-0.15, -0.1) is 0 Å². The van der Waals surface area contributed by atoms with Gasteiger partial charge in [-0.3, -0.25) is 9.59 Å². The van der Waals surface area contributed by atoms with Crippen LogP contribution in [-0.4, -0.2) is 23.9 Å². The Labute approximate surface area is 148 Å². The van der Waals surface area contributed by atoms with E-state index >= 15 is 0 Å². The van der Waals surface area contributed by atoms with Crippen LogP contribution in [0.3, 0.4) is 0 Å². The van der Waals surface area contributed by atoms with Crippen molar-refractivity contribution >= 4 is 39.2 Å². The fourth-order valence-corrected chi connectivity index (χ4v) is 2.14. The van der Waals surface area contributed by atoms with E-state index in [0.29, 0.717) is 17.3 Å². The van der Waals surface area contributed by atoms with Crippen molar-refractivity contribution in [2.24, 2.45) is 0 Å². The molecule has 24 heavy (non-hydrogen) atoms. The lowest BCUT2D eigenvalue weighted by atomic mass is 10.1. The normalized spacial score (nSPS) is 10.5. The number of ether oxygens (including phenoxy) is 1. The van der Waals surface area contributed by atoms with Gasteiger partial charge in [-0.05, 0) is 59.3 Å². The van der Waals surface area contributed by atoms with E-state index in [2.05, 4.69) is 31.5 Å². The number of nitrogens with zero attached hydrogens (tertiary/aromatic N) is 1. The fourth-order valence-electron chi connectivity index (χ4n) is 1.91. The number of pyridine rings is 1. The van der Waals surface area contributed by atoms with Crippen molar-refractivity contribution in [3.05, 3.63) is 58.7 Å². The molecule has 0 fully saturated rings. The number of hydrogen-bond acceptors (Lipinski definition) is 4. The van der Waals surface area contributed by atoms with Crippen LogP contribution in [0.2, 0.25) is 0 Å². The molecule has 7 heteroatoms. The average Bonchev–Trinajstić information content (AvgIpc) is 2.57. The Bertz CT molecular complexity index is 773. The molecule has 0 atom stereocenters. The number of hydrogen-bond donors (Lipinski definition) is 2. The minimum Gasteiger partial charge on any atom is -0.497 e. The van der Waals surface area contributed by atoms with Crippen molar-refractivity contribution < 1.29 is 14.3 Å². The first-order valence-corrected chi connectivity index (χ1v) is 7.87. The van der Waals surface area contributed by atoms with Gasteiger partial charge in [0.05, 0.1) is 18.4 Å². The van der Waals surface area contributed by atoms with Gasteiger partial charge in [0.1, 0.15) is 11.6 Å². The molecule has 0 aliphatic rings. The van der Waals surface area contributed by atoms with Crippen molar-refractivity contribution in [3.63, 3.8) is 0 Å². The molecule has 0 radical (unpaired) electrons. The van der Waals surface area contributed by atoms with E-state index in [4.69, 9.17) is 4.74 Å². The van der Waals surface area contributed by atoms with Crippen LogP contribution in [0.1, 0.15) is 17.3 Å². The van der Waals surface area contributed by atoms with E-state index in [-0.39, 0.29) is 11.5 Å². The number of allylic oxidation sites excluding steroid dienone is 1. The molecule has 0 aliphatic carbocycles. The van der Waals surface area contributed by atoms with E-state index in [1.165, 1.54) is 13.2 Å². The van der Waals surface area contributed by atoms with Crippen LogP contribution in [0.5, 0.6) is 5.75 Å². The van der Waals surface area contributed by atoms with Crippen LogP contribution < -0.4 is 15.4 Å². The molecule has 0 bridgehead atoms. The number of carbonyl (C=O) groups is 2. The molecule has 0 aliphatic heterocycles. The standard InChI is InChI=1S/C17H16BrN3O3/c1-3-4-16(22)20-14-7-6-12(24-2)9-13(14)17(23)21-15-8-5-11(18)10-19-15/h3-10H,1-2H3,(H,20,22)(H,19,21,23)/b4-3+. The van der Waals surface area contributed by atoms with Crippen LogP contribution >= 0.6 is 15.9 Å². The Balaban J connectivity index is 2.29. The lowest BCUT2D eigenvalue weighted by molar-refractivity contribution is -0.111. The molecule has 6 nitrogen and oxygen atoms in total. The van der Waals surface area contributed by atoms with Gasteiger partial charge >= 0.3 is 0 Å². The second kappa shape index (κ2) is 8.26. The topological polar surface area (TPSA) is 80.3 Å². The highest BCUT2D eigenvalue weighted by Gasteiger charge is 2.15. The van der Waals surface area contributed by atoms with Crippen LogP contribution in [0.15, 0.2) is 53.2 Å². The SMILES string of the molecule is C/C=C/C(=O)Nc1ccc(OC)cc1C(=O)Nc1ccc(Br)cn1. The van der Waals surface area contributed by atoms with Crippen molar-refractivity contribution in [1.82, 2.24) is 4.98 Å². The number of methoxy groups -OCH3 is 1. The minimum atomic E-state index is -0.403. The maximum atomic E-state index is 12.5. The fraction of sp³-hybridized carbons (Fsp3) is 0.118. The third-order valence-corrected chi connectivity index (χ3v) is 3.49. The van der Waals surface area contributed by atoms with Gasteiger partial charge in [0.15, 0.2) is 0 Å². The number of carbonyl (C=O) groups excluding carboxylic acids is 2. The highest BCUT2D eigenvalue weighted by molar-refractivity contribution is 9.10. The number of amides is 2. The Morgan fingerprint density at radius 3 is 2.62 bits per heavy atom. The van der Waals surface area contributed by atoms with E-state index in [1.807, 2.05) is 0 Å². The van der Waals surface area contributed by atoms with Gasteiger partial charge in [-0.2, -0.15) is 0 Å². The Kier molecular flexibility index (Phi) is 6.08. The number of anilines is 2. The number of aromatic nitrogens is 1. The lowest BCUT2D eigenvalue weighted by Crippen LogP contribution is -2.17. The Morgan fingerprint density at radius 1 is 1.21 bits per heavy atom. The molecule has 2 amide bonds. The zero-order valence-corrected chi connectivity index (χ0v) is 14.8. The number of nitrogens with one attached hydrogen (secondary N) is 2. The van der Waals surface area contributed by atoms with Gasteiger partial charge < -0.3 is 15.4 Å². The van der Waals surface area contributed by atoms with Gasteiger partial charge in [0.25, 0.3) is 5.91 Å². The summed E-state index contributed by atoms with van der Waals surface area (Å²) < 4.78 is 5.96. The summed E-state index contributed by atoms with van der Waals surface area (Å²) in [6, 6.07) is 8.27. The highest BCUT2D eigenvalue weighted by atomic mass is 79.9. The molecule has 1 heterocycles. The van der Waals surface area contributed by atoms with Crippen molar-refractivity contribution in [3.8, 4) is 5.75 Å². The molecular weight excluding hydrogens is 374 g/mol. The maximum absolute atomic E-state index is 12.5. The molecule has 1 aromatic carbocycles.